The third-order valence-electron chi connectivity index (χ3n) is 11.2. The van der Waals surface area contributed by atoms with Crippen LogP contribution in [0.3, 0.4) is 0 Å². The summed E-state index contributed by atoms with van der Waals surface area (Å²) in [6, 6.07) is 0. The molecular formula is C28H50O2. The van der Waals surface area contributed by atoms with E-state index in [2.05, 4.69) is 34.6 Å². The van der Waals surface area contributed by atoms with E-state index >= 15 is 0 Å². The molecule has 4 fully saturated rings. The van der Waals surface area contributed by atoms with Gasteiger partial charge in [0.25, 0.3) is 0 Å². The lowest BCUT2D eigenvalue weighted by Gasteiger charge is -2.62. The number of hydrogen-bond donors (Lipinski definition) is 1. The lowest BCUT2D eigenvalue weighted by atomic mass is 9.44. The minimum atomic E-state index is -0.263. The summed E-state index contributed by atoms with van der Waals surface area (Å²) in [5, 5.41) is 10.8. The fraction of sp³-hybridized carbons (Fsp3) is 1.00. The summed E-state index contributed by atoms with van der Waals surface area (Å²) in [7, 11) is 1.79. The zero-order chi connectivity index (χ0) is 21.7. The Labute approximate surface area is 186 Å². The minimum absolute atomic E-state index is 0.0658. The molecule has 0 unspecified atom stereocenters. The summed E-state index contributed by atoms with van der Waals surface area (Å²) in [6.07, 6.45) is 14.7. The Balaban J connectivity index is 1.47. The fourth-order valence-electron chi connectivity index (χ4n) is 9.54. The predicted molar refractivity (Wildman–Crippen MR) is 125 cm³/mol. The van der Waals surface area contributed by atoms with E-state index in [-0.39, 0.29) is 12.2 Å². The summed E-state index contributed by atoms with van der Waals surface area (Å²) in [5.41, 5.74) is 0.906. The largest absolute Gasteiger partial charge is 0.390 e. The van der Waals surface area contributed by atoms with Gasteiger partial charge in [-0.3, -0.25) is 0 Å². The van der Waals surface area contributed by atoms with Crippen LogP contribution in [-0.4, -0.2) is 24.4 Å². The highest BCUT2D eigenvalue weighted by molar-refractivity contribution is 5.10. The van der Waals surface area contributed by atoms with Crippen molar-refractivity contribution < 1.29 is 9.84 Å². The Morgan fingerprint density at radius 2 is 1.67 bits per heavy atom. The molecule has 10 atom stereocenters. The molecule has 0 heterocycles. The fourth-order valence-corrected chi connectivity index (χ4v) is 9.54. The highest BCUT2D eigenvalue weighted by Crippen LogP contribution is 2.68. The van der Waals surface area contributed by atoms with Gasteiger partial charge in [-0.25, -0.2) is 0 Å². The van der Waals surface area contributed by atoms with Crippen LogP contribution in [0.25, 0.3) is 0 Å². The average Bonchev–Trinajstić information content (AvgIpc) is 3.04. The number of aliphatic hydroxyl groups is 1. The molecule has 0 aromatic carbocycles. The number of fused-ring (bicyclic) bond motifs is 5. The SMILES string of the molecule is CO[C@H]1C[C@@H]2CC[C@@H]3[C@H](CC[C@]4(C)[C@@H]([C@H](C)CCCC(C)C)CC[C@@H]34)[C@@]2(C)C[C@@H]1O. The van der Waals surface area contributed by atoms with E-state index in [4.69, 9.17) is 4.74 Å². The highest BCUT2D eigenvalue weighted by Gasteiger charge is 2.61. The van der Waals surface area contributed by atoms with Crippen LogP contribution >= 0.6 is 0 Å². The molecule has 0 bridgehead atoms. The number of rotatable bonds is 6. The molecule has 4 aliphatic rings. The highest BCUT2D eigenvalue weighted by atomic mass is 16.5. The van der Waals surface area contributed by atoms with Gasteiger partial charge >= 0.3 is 0 Å². The van der Waals surface area contributed by atoms with Crippen molar-refractivity contribution in [2.24, 2.45) is 52.3 Å². The summed E-state index contributed by atoms with van der Waals surface area (Å²) in [6.45, 7) is 12.5. The van der Waals surface area contributed by atoms with Crippen molar-refractivity contribution in [2.45, 2.75) is 117 Å². The maximum atomic E-state index is 10.8. The smallest absolute Gasteiger partial charge is 0.0833 e. The van der Waals surface area contributed by atoms with Gasteiger partial charge in [-0.1, -0.05) is 53.9 Å². The van der Waals surface area contributed by atoms with Gasteiger partial charge in [-0.2, -0.15) is 0 Å². The van der Waals surface area contributed by atoms with Crippen LogP contribution in [0.4, 0.5) is 0 Å². The summed E-state index contributed by atoms with van der Waals surface area (Å²) >= 11 is 0. The first-order valence-corrected chi connectivity index (χ1v) is 13.4. The minimum Gasteiger partial charge on any atom is -0.390 e. The normalized spacial score (nSPS) is 49.4. The molecule has 0 spiro atoms. The Kier molecular flexibility index (Phi) is 6.69. The molecule has 2 nitrogen and oxygen atoms in total. The second kappa shape index (κ2) is 8.69. The van der Waals surface area contributed by atoms with E-state index < -0.39 is 0 Å². The number of aliphatic hydroxyl groups excluding tert-OH is 1. The van der Waals surface area contributed by atoms with Crippen molar-refractivity contribution in [1.82, 2.24) is 0 Å². The van der Waals surface area contributed by atoms with Crippen LogP contribution in [0.5, 0.6) is 0 Å². The Hall–Kier alpha value is -0.0800. The first-order chi connectivity index (χ1) is 14.2. The average molecular weight is 419 g/mol. The van der Waals surface area contributed by atoms with E-state index in [0.29, 0.717) is 10.8 Å². The molecule has 0 aliphatic heterocycles. The topological polar surface area (TPSA) is 29.5 Å². The lowest BCUT2D eigenvalue weighted by molar-refractivity contribution is -0.166. The summed E-state index contributed by atoms with van der Waals surface area (Å²) in [4.78, 5) is 0. The lowest BCUT2D eigenvalue weighted by Crippen LogP contribution is -2.57. The number of methoxy groups -OCH3 is 1. The third-order valence-corrected chi connectivity index (χ3v) is 11.2. The van der Waals surface area contributed by atoms with Crippen molar-refractivity contribution in [3.8, 4) is 0 Å². The number of ether oxygens (including phenoxy) is 1. The maximum Gasteiger partial charge on any atom is 0.0833 e. The Bertz CT molecular complexity index is 587. The second-order valence-electron chi connectivity index (χ2n) is 13.0. The molecule has 2 heteroatoms. The summed E-state index contributed by atoms with van der Waals surface area (Å²) in [5.74, 6) is 6.10. The van der Waals surface area contributed by atoms with Crippen LogP contribution in [-0.2, 0) is 4.74 Å². The maximum absolute atomic E-state index is 10.8. The van der Waals surface area contributed by atoms with Gasteiger partial charge in [-0.15, -0.1) is 0 Å². The van der Waals surface area contributed by atoms with Gasteiger partial charge in [0, 0.05) is 7.11 Å². The molecule has 4 saturated carbocycles. The molecule has 1 N–H and O–H groups in total. The molecule has 0 radical (unpaired) electrons. The van der Waals surface area contributed by atoms with Gasteiger partial charge in [-0.05, 0) is 104 Å². The molecule has 4 rings (SSSR count). The molecule has 0 amide bonds. The van der Waals surface area contributed by atoms with Gasteiger partial charge < -0.3 is 9.84 Å². The van der Waals surface area contributed by atoms with Gasteiger partial charge in [0.05, 0.1) is 12.2 Å². The monoisotopic (exact) mass is 418 g/mol. The van der Waals surface area contributed by atoms with E-state index in [1.807, 2.05) is 0 Å². The Morgan fingerprint density at radius 3 is 2.37 bits per heavy atom. The van der Waals surface area contributed by atoms with Gasteiger partial charge in [0.1, 0.15) is 0 Å². The molecule has 174 valence electrons. The van der Waals surface area contributed by atoms with E-state index in [9.17, 15) is 5.11 Å². The first kappa shape index (κ1) is 23.1. The van der Waals surface area contributed by atoms with Crippen molar-refractivity contribution in [3.63, 3.8) is 0 Å². The molecule has 0 aromatic rings. The van der Waals surface area contributed by atoms with Crippen LogP contribution in [0, 0.1) is 52.3 Å². The van der Waals surface area contributed by atoms with Gasteiger partial charge in [0.15, 0.2) is 0 Å². The van der Waals surface area contributed by atoms with Crippen molar-refractivity contribution in [3.05, 3.63) is 0 Å². The molecule has 30 heavy (non-hydrogen) atoms. The predicted octanol–water partition coefficient (Wildman–Crippen LogP) is 7.09. The van der Waals surface area contributed by atoms with Crippen molar-refractivity contribution in [2.75, 3.05) is 7.11 Å². The molecule has 0 aromatic heterocycles. The van der Waals surface area contributed by atoms with Crippen LogP contribution in [0.15, 0.2) is 0 Å². The van der Waals surface area contributed by atoms with Crippen LogP contribution in [0.2, 0.25) is 0 Å². The molecule has 0 saturated heterocycles. The van der Waals surface area contributed by atoms with Crippen molar-refractivity contribution in [1.29, 1.82) is 0 Å². The van der Waals surface area contributed by atoms with E-state index in [1.54, 1.807) is 7.11 Å². The summed E-state index contributed by atoms with van der Waals surface area (Å²) < 4.78 is 5.66. The van der Waals surface area contributed by atoms with E-state index in [0.717, 1.165) is 54.3 Å². The zero-order valence-electron chi connectivity index (χ0n) is 20.8. The third kappa shape index (κ3) is 3.81. The standard InChI is InChI=1S/C28H50O2/c1-18(2)8-7-9-19(3)22-12-13-23-21-11-10-20-16-26(30-6)25(29)17-28(20,5)24(21)14-15-27(22,23)4/h18-26,29H,7-17H2,1-6H3/t19-,20+,21+,22-,23+,24+,25+,26+,27-,28+/m1/s1. The van der Waals surface area contributed by atoms with Crippen LogP contribution < -0.4 is 0 Å². The van der Waals surface area contributed by atoms with Crippen molar-refractivity contribution >= 4 is 0 Å². The zero-order valence-corrected chi connectivity index (χ0v) is 20.8. The Morgan fingerprint density at radius 1 is 0.933 bits per heavy atom. The quantitative estimate of drug-likeness (QED) is 0.499. The molecular weight excluding hydrogens is 368 g/mol. The van der Waals surface area contributed by atoms with Crippen LogP contribution in [0.1, 0.15) is 105 Å². The second-order valence-corrected chi connectivity index (χ2v) is 13.0. The molecule has 4 aliphatic carbocycles. The van der Waals surface area contributed by atoms with E-state index in [1.165, 1.54) is 57.8 Å². The number of hydrogen-bond acceptors (Lipinski definition) is 2. The first-order valence-electron chi connectivity index (χ1n) is 13.4. The van der Waals surface area contributed by atoms with Gasteiger partial charge in [0.2, 0.25) is 0 Å².